The first-order chi connectivity index (χ1) is 9.47. The molecule has 0 saturated carbocycles. The van der Waals surface area contributed by atoms with Gasteiger partial charge in [0.2, 0.25) is 5.91 Å². The van der Waals surface area contributed by atoms with E-state index in [0.717, 1.165) is 11.1 Å². The Hall–Kier alpha value is -2.20. The highest BCUT2D eigenvalue weighted by Gasteiger charge is 2.06. The van der Waals surface area contributed by atoms with Crippen molar-refractivity contribution in [2.24, 2.45) is 5.73 Å². The van der Waals surface area contributed by atoms with Gasteiger partial charge >= 0.3 is 0 Å². The molecule has 0 atom stereocenters. The molecule has 2 aromatic carbocycles. The number of aryl methyl sites for hydroxylation is 1. The lowest BCUT2D eigenvalue weighted by atomic mass is 10.1. The van der Waals surface area contributed by atoms with Gasteiger partial charge in [0.05, 0.1) is 5.02 Å². The van der Waals surface area contributed by atoms with Crippen molar-refractivity contribution in [2.45, 2.75) is 13.5 Å². The van der Waals surface area contributed by atoms with Crippen LogP contribution >= 0.6 is 11.6 Å². The quantitative estimate of drug-likeness (QED) is 0.850. The third-order valence-corrected chi connectivity index (χ3v) is 3.26. The molecule has 2 aromatic rings. The number of ether oxygens (including phenoxy) is 1. The predicted molar refractivity (Wildman–Crippen MR) is 79.9 cm³/mol. The van der Waals surface area contributed by atoms with E-state index in [4.69, 9.17) is 27.8 Å². The summed E-state index contributed by atoms with van der Waals surface area (Å²) >= 11 is 6.04. The molecule has 0 unspecified atom stereocenters. The fourth-order valence-electron chi connectivity index (χ4n) is 1.80. The maximum atomic E-state index is 11.1. The Morgan fingerprint density at radius 2 is 2.00 bits per heavy atom. The maximum absolute atomic E-state index is 11.1. The predicted octanol–water partition coefficient (Wildman–Crippen LogP) is 2.91. The molecular formula is C15H15ClN2O2. The lowest BCUT2D eigenvalue weighted by Crippen LogP contribution is -2.11. The number of nitrogen functional groups attached to an aromatic ring is 1. The average Bonchev–Trinajstić information content (AvgIpc) is 2.38. The number of benzene rings is 2. The van der Waals surface area contributed by atoms with Gasteiger partial charge in [-0.3, -0.25) is 4.79 Å². The molecule has 5 heteroatoms. The number of anilines is 1. The van der Waals surface area contributed by atoms with Crippen molar-refractivity contribution in [1.29, 1.82) is 0 Å². The highest BCUT2D eigenvalue weighted by atomic mass is 35.5. The Balaban J connectivity index is 2.13. The second-order valence-corrected chi connectivity index (χ2v) is 4.89. The Morgan fingerprint density at radius 1 is 1.25 bits per heavy atom. The average molecular weight is 291 g/mol. The molecule has 4 N–H and O–H groups in total. The summed E-state index contributed by atoms with van der Waals surface area (Å²) in [4.78, 5) is 11.1. The van der Waals surface area contributed by atoms with E-state index < -0.39 is 5.91 Å². The van der Waals surface area contributed by atoms with Gasteiger partial charge in [0.25, 0.3) is 0 Å². The monoisotopic (exact) mass is 290 g/mol. The molecule has 0 heterocycles. The number of hydrogen-bond donors (Lipinski definition) is 2. The first kappa shape index (κ1) is 14.2. The summed E-state index contributed by atoms with van der Waals surface area (Å²) in [7, 11) is 0. The van der Waals surface area contributed by atoms with Crippen LogP contribution in [0.5, 0.6) is 5.75 Å². The largest absolute Gasteiger partial charge is 0.487 e. The van der Waals surface area contributed by atoms with Crippen LogP contribution in [0.4, 0.5) is 5.69 Å². The summed E-state index contributed by atoms with van der Waals surface area (Å²) in [5.74, 6) is 0.126. The van der Waals surface area contributed by atoms with E-state index in [9.17, 15) is 4.79 Å². The van der Waals surface area contributed by atoms with E-state index in [1.165, 1.54) is 0 Å². The van der Waals surface area contributed by atoms with Gasteiger partial charge in [-0.25, -0.2) is 0 Å². The van der Waals surface area contributed by atoms with Gasteiger partial charge in [-0.05, 0) is 48.4 Å². The molecule has 0 aliphatic heterocycles. The molecule has 0 aromatic heterocycles. The van der Waals surface area contributed by atoms with Crippen LogP contribution in [0.25, 0.3) is 0 Å². The van der Waals surface area contributed by atoms with Crippen molar-refractivity contribution in [3.05, 3.63) is 58.1 Å². The summed E-state index contributed by atoms with van der Waals surface area (Å²) in [5.41, 5.74) is 13.8. The standard InChI is InChI=1S/C15H15ClN2O2/c1-9-6-10(15(18)19)2-3-11(9)8-20-14-5-4-12(17)7-13(14)16/h2-7H,8,17H2,1H3,(H2,18,19). The van der Waals surface area contributed by atoms with E-state index in [0.29, 0.717) is 28.6 Å². The third-order valence-electron chi connectivity index (χ3n) is 2.97. The van der Waals surface area contributed by atoms with Crippen LogP contribution in [0.1, 0.15) is 21.5 Å². The molecule has 0 aliphatic carbocycles. The zero-order valence-corrected chi connectivity index (χ0v) is 11.8. The minimum atomic E-state index is -0.442. The molecule has 0 radical (unpaired) electrons. The first-order valence-electron chi connectivity index (χ1n) is 6.04. The van der Waals surface area contributed by atoms with Crippen LogP contribution in [0.15, 0.2) is 36.4 Å². The highest BCUT2D eigenvalue weighted by Crippen LogP contribution is 2.27. The second kappa shape index (κ2) is 5.84. The molecule has 20 heavy (non-hydrogen) atoms. The summed E-state index contributed by atoms with van der Waals surface area (Å²) in [5, 5.41) is 0.469. The van der Waals surface area contributed by atoms with Crippen molar-refractivity contribution < 1.29 is 9.53 Å². The summed E-state index contributed by atoms with van der Waals surface area (Å²) in [6.07, 6.45) is 0. The maximum Gasteiger partial charge on any atom is 0.248 e. The third kappa shape index (κ3) is 3.22. The van der Waals surface area contributed by atoms with E-state index in [-0.39, 0.29) is 0 Å². The van der Waals surface area contributed by atoms with E-state index in [2.05, 4.69) is 0 Å². The molecule has 4 nitrogen and oxygen atoms in total. The van der Waals surface area contributed by atoms with Crippen LogP contribution in [-0.2, 0) is 6.61 Å². The Bertz CT molecular complexity index is 656. The Labute approximate surface area is 122 Å². The normalized spacial score (nSPS) is 10.3. The minimum absolute atomic E-state index is 0.356. The number of halogens is 1. The van der Waals surface area contributed by atoms with Gasteiger partial charge in [0, 0.05) is 11.3 Å². The van der Waals surface area contributed by atoms with E-state index >= 15 is 0 Å². The van der Waals surface area contributed by atoms with Gasteiger partial charge in [-0.15, -0.1) is 0 Å². The first-order valence-corrected chi connectivity index (χ1v) is 6.42. The molecule has 1 amide bonds. The lowest BCUT2D eigenvalue weighted by Gasteiger charge is -2.11. The zero-order chi connectivity index (χ0) is 14.7. The smallest absolute Gasteiger partial charge is 0.248 e. The van der Waals surface area contributed by atoms with Crippen LogP contribution < -0.4 is 16.2 Å². The number of rotatable bonds is 4. The second-order valence-electron chi connectivity index (χ2n) is 4.48. The van der Waals surface area contributed by atoms with Crippen molar-refractivity contribution in [3.8, 4) is 5.75 Å². The van der Waals surface area contributed by atoms with E-state index in [1.54, 1.807) is 30.3 Å². The zero-order valence-electron chi connectivity index (χ0n) is 11.0. The van der Waals surface area contributed by atoms with Gasteiger partial charge in [-0.2, -0.15) is 0 Å². The van der Waals surface area contributed by atoms with E-state index in [1.807, 2.05) is 13.0 Å². The summed E-state index contributed by atoms with van der Waals surface area (Å²) in [6, 6.07) is 10.3. The van der Waals surface area contributed by atoms with Crippen LogP contribution in [0.2, 0.25) is 5.02 Å². The van der Waals surface area contributed by atoms with Crippen molar-refractivity contribution >= 4 is 23.2 Å². The summed E-state index contributed by atoms with van der Waals surface area (Å²) in [6.45, 7) is 2.25. The molecule has 0 aliphatic rings. The number of carbonyl (C=O) groups is 1. The van der Waals surface area contributed by atoms with Crippen LogP contribution in [0, 0.1) is 6.92 Å². The number of amides is 1. The van der Waals surface area contributed by atoms with Crippen molar-refractivity contribution in [1.82, 2.24) is 0 Å². The lowest BCUT2D eigenvalue weighted by molar-refractivity contribution is 0.1000. The van der Waals surface area contributed by atoms with Gasteiger partial charge in [-0.1, -0.05) is 17.7 Å². The molecule has 104 valence electrons. The number of primary amides is 1. The Kier molecular flexibility index (Phi) is 4.15. The molecule has 2 rings (SSSR count). The summed E-state index contributed by atoms with van der Waals surface area (Å²) < 4.78 is 5.66. The van der Waals surface area contributed by atoms with Gasteiger partial charge in [0.15, 0.2) is 0 Å². The topological polar surface area (TPSA) is 78.3 Å². The van der Waals surface area contributed by atoms with Crippen molar-refractivity contribution in [2.75, 3.05) is 5.73 Å². The number of carbonyl (C=O) groups excluding carboxylic acids is 1. The van der Waals surface area contributed by atoms with Crippen LogP contribution in [0.3, 0.4) is 0 Å². The Morgan fingerprint density at radius 3 is 2.60 bits per heavy atom. The van der Waals surface area contributed by atoms with Crippen LogP contribution in [-0.4, -0.2) is 5.91 Å². The SMILES string of the molecule is Cc1cc(C(N)=O)ccc1COc1ccc(N)cc1Cl. The molecule has 0 bridgehead atoms. The fraction of sp³-hybridized carbons (Fsp3) is 0.133. The highest BCUT2D eigenvalue weighted by molar-refractivity contribution is 6.32. The number of nitrogens with two attached hydrogens (primary N) is 2. The number of hydrogen-bond acceptors (Lipinski definition) is 3. The molecular weight excluding hydrogens is 276 g/mol. The fourth-order valence-corrected chi connectivity index (χ4v) is 2.04. The van der Waals surface area contributed by atoms with Gasteiger partial charge in [0.1, 0.15) is 12.4 Å². The van der Waals surface area contributed by atoms with Crippen molar-refractivity contribution in [3.63, 3.8) is 0 Å². The minimum Gasteiger partial charge on any atom is -0.487 e. The van der Waals surface area contributed by atoms with Gasteiger partial charge < -0.3 is 16.2 Å². The molecule has 0 saturated heterocycles. The molecule has 0 fully saturated rings. The molecule has 0 spiro atoms.